The van der Waals surface area contributed by atoms with E-state index in [0.717, 1.165) is 51.4 Å². The first-order valence-electron chi connectivity index (χ1n) is 13.5. The normalized spacial score (nSPS) is 22.2. The highest BCUT2D eigenvalue weighted by Gasteiger charge is 2.33. The number of ketones is 1. The second kappa shape index (κ2) is 11.6. The number of hydrogen-bond donors (Lipinski definition) is 2. The SMILES string of the molecule is CC(C)C(=O)C(NC(=O)c1ccc(F)c(C2CCCN(C(=O)CNC3CC3)C2)c1)C1CCCCC1. The number of likely N-dealkylation sites (tertiary alicyclic amines) is 1. The largest absolute Gasteiger partial charge is 0.342 e. The standard InChI is InChI=1S/C28H40FN3O3/c1-18(2)27(34)26(19-7-4-3-5-8-19)31-28(35)20-10-13-24(29)23(15-20)21-9-6-14-32(17-21)25(33)16-30-22-11-12-22/h10,13,15,18-19,21-22,26,30H,3-9,11-12,14,16-17H2,1-2H3,(H,31,35). The van der Waals surface area contributed by atoms with Gasteiger partial charge in [0.1, 0.15) is 5.82 Å². The van der Waals surface area contributed by atoms with Crippen molar-refractivity contribution in [2.45, 2.75) is 89.6 Å². The molecule has 0 spiro atoms. The Balaban J connectivity index is 1.45. The minimum Gasteiger partial charge on any atom is -0.342 e. The van der Waals surface area contributed by atoms with Crippen molar-refractivity contribution in [3.8, 4) is 0 Å². The maximum atomic E-state index is 14.9. The van der Waals surface area contributed by atoms with Gasteiger partial charge in [-0.25, -0.2) is 4.39 Å². The van der Waals surface area contributed by atoms with Crippen LogP contribution in [0, 0.1) is 17.7 Å². The molecule has 7 heteroatoms. The fourth-order valence-corrected chi connectivity index (χ4v) is 5.56. The third-order valence-corrected chi connectivity index (χ3v) is 7.87. The molecule has 2 N–H and O–H groups in total. The molecule has 2 saturated carbocycles. The van der Waals surface area contributed by atoms with E-state index < -0.39 is 6.04 Å². The lowest BCUT2D eigenvalue weighted by Gasteiger charge is -2.33. The van der Waals surface area contributed by atoms with Crippen molar-refractivity contribution >= 4 is 17.6 Å². The van der Waals surface area contributed by atoms with E-state index in [4.69, 9.17) is 0 Å². The molecule has 4 rings (SSSR count). The number of carbonyl (C=O) groups excluding carboxylic acids is 3. The van der Waals surface area contributed by atoms with Crippen molar-refractivity contribution in [2.75, 3.05) is 19.6 Å². The quantitative estimate of drug-likeness (QED) is 0.550. The minimum atomic E-state index is -0.502. The van der Waals surface area contributed by atoms with Gasteiger partial charge in [0.2, 0.25) is 5.91 Å². The molecule has 2 amide bonds. The third kappa shape index (κ3) is 6.69. The fourth-order valence-electron chi connectivity index (χ4n) is 5.56. The van der Waals surface area contributed by atoms with Crippen LogP contribution < -0.4 is 10.6 Å². The molecule has 2 unspecified atom stereocenters. The van der Waals surface area contributed by atoms with E-state index in [1.54, 1.807) is 6.07 Å². The van der Waals surface area contributed by atoms with Crippen LogP contribution in [0.4, 0.5) is 4.39 Å². The smallest absolute Gasteiger partial charge is 0.251 e. The molecule has 192 valence electrons. The molecule has 1 heterocycles. The Labute approximate surface area is 208 Å². The van der Waals surface area contributed by atoms with Crippen LogP contribution in [0.5, 0.6) is 0 Å². The van der Waals surface area contributed by atoms with Crippen molar-refractivity contribution in [2.24, 2.45) is 11.8 Å². The number of piperidine rings is 1. The maximum absolute atomic E-state index is 14.9. The summed E-state index contributed by atoms with van der Waals surface area (Å²) in [6, 6.07) is 4.44. The first-order chi connectivity index (χ1) is 16.8. The van der Waals surface area contributed by atoms with E-state index in [9.17, 15) is 18.8 Å². The highest BCUT2D eigenvalue weighted by molar-refractivity contribution is 5.98. The highest BCUT2D eigenvalue weighted by Crippen LogP contribution is 2.31. The van der Waals surface area contributed by atoms with Crippen molar-refractivity contribution in [3.63, 3.8) is 0 Å². The summed E-state index contributed by atoms with van der Waals surface area (Å²) in [5.74, 6) is -0.705. The number of nitrogens with zero attached hydrogens (tertiary/aromatic N) is 1. The van der Waals surface area contributed by atoms with Gasteiger partial charge in [0.15, 0.2) is 5.78 Å². The zero-order chi connectivity index (χ0) is 24.9. The Bertz CT molecular complexity index is 924. The van der Waals surface area contributed by atoms with E-state index in [0.29, 0.717) is 36.8 Å². The van der Waals surface area contributed by atoms with E-state index in [1.165, 1.54) is 18.6 Å². The second-order valence-corrected chi connectivity index (χ2v) is 11.0. The van der Waals surface area contributed by atoms with Gasteiger partial charge in [0.25, 0.3) is 5.91 Å². The molecule has 1 aliphatic heterocycles. The van der Waals surface area contributed by atoms with Crippen LogP contribution >= 0.6 is 0 Å². The molecule has 6 nitrogen and oxygen atoms in total. The highest BCUT2D eigenvalue weighted by atomic mass is 19.1. The van der Waals surface area contributed by atoms with Crippen LogP contribution in [-0.4, -0.2) is 54.2 Å². The summed E-state index contributed by atoms with van der Waals surface area (Å²) in [6.45, 7) is 5.22. The van der Waals surface area contributed by atoms with E-state index in [2.05, 4.69) is 10.6 Å². The van der Waals surface area contributed by atoms with Gasteiger partial charge in [-0.2, -0.15) is 0 Å². The predicted molar refractivity (Wildman–Crippen MR) is 134 cm³/mol. The van der Waals surface area contributed by atoms with Crippen molar-refractivity contribution in [1.29, 1.82) is 0 Å². The van der Waals surface area contributed by atoms with Crippen LogP contribution in [0.2, 0.25) is 0 Å². The molecule has 1 aromatic rings. The van der Waals surface area contributed by atoms with E-state index in [-0.39, 0.29) is 41.2 Å². The van der Waals surface area contributed by atoms with Crippen LogP contribution in [0.3, 0.4) is 0 Å². The fraction of sp³-hybridized carbons (Fsp3) is 0.679. The van der Waals surface area contributed by atoms with Crippen LogP contribution in [0.15, 0.2) is 18.2 Å². The van der Waals surface area contributed by atoms with Gasteiger partial charge in [0.05, 0.1) is 12.6 Å². The maximum Gasteiger partial charge on any atom is 0.251 e. The number of benzene rings is 1. The summed E-state index contributed by atoms with van der Waals surface area (Å²) >= 11 is 0. The van der Waals surface area contributed by atoms with Crippen LogP contribution in [-0.2, 0) is 9.59 Å². The Hall–Kier alpha value is -2.28. The summed E-state index contributed by atoms with van der Waals surface area (Å²) in [7, 11) is 0. The second-order valence-electron chi connectivity index (χ2n) is 11.0. The zero-order valence-electron chi connectivity index (χ0n) is 21.2. The van der Waals surface area contributed by atoms with Crippen molar-refractivity contribution in [1.82, 2.24) is 15.5 Å². The molecule has 3 aliphatic rings. The molecule has 2 aliphatic carbocycles. The van der Waals surface area contributed by atoms with Gasteiger partial charge >= 0.3 is 0 Å². The topological polar surface area (TPSA) is 78.5 Å². The Morgan fingerprint density at radius 1 is 1.03 bits per heavy atom. The summed E-state index contributed by atoms with van der Waals surface area (Å²) < 4.78 is 14.9. The van der Waals surface area contributed by atoms with Crippen molar-refractivity contribution < 1.29 is 18.8 Å². The lowest BCUT2D eigenvalue weighted by Crippen LogP contribution is -2.48. The Morgan fingerprint density at radius 3 is 2.46 bits per heavy atom. The monoisotopic (exact) mass is 485 g/mol. The Morgan fingerprint density at radius 2 is 1.77 bits per heavy atom. The summed E-state index contributed by atoms with van der Waals surface area (Å²) in [6.07, 6.45) is 9.05. The predicted octanol–water partition coefficient (Wildman–Crippen LogP) is 4.19. The molecule has 3 fully saturated rings. The van der Waals surface area contributed by atoms with Gasteiger partial charge in [-0.15, -0.1) is 0 Å². The average Bonchev–Trinajstić information content (AvgIpc) is 3.70. The molecular formula is C28H40FN3O3. The first-order valence-corrected chi connectivity index (χ1v) is 13.5. The molecule has 1 aromatic carbocycles. The molecule has 2 atom stereocenters. The first kappa shape index (κ1) is 25.8. The van der Waals surface area contributed by atoms with Gasteiger partial charge in [-0.1, -0.05) is 33.1 Å². The zero-order valence-corrected chi connectivity index (χ0v) is 21.2. The number of amides is 2. The van der Waals surface area contributed by atoms with Crippen LogP contribution in [0.25, 0.3) is 0 Å². The molecule has 0 bridgehead atoms. The van der Waals surface area contributed by atoms with E-state index >= 15 is 0 Å². The van der Waals surface area contributed by atoms with Crippen molar-refractivity contribution in [3.05, 3.63) is 35.1 Å². The molecule has 35 heavy (non-hydrogen) atoms. The number of carbonyl (C=O) groups is 3. The number of rotatable bonds is 9. The summed E-state index contributed by atoms with van der Waals surface area (Å²) in [5.41, 5.74) is 0.854. The molecule has 1 saturated heterocycles. The summed E-state index contributed by atoms with van der Waals surface area (Å²) in [4.78, 5) is 40.6. The number of hydrogen-bond acceptors (Lipinski definition) is 4. The number of nitrogens with one attached hydrogen (secondary N) is 2. The minimum absolute atomic E-state index is 0.0541. The summed E-state index contributed by atoms with van der Waals surface area (Å²) in [5, 5.41) is 6.27. The molecular weight excluding hydrogens is 445 g/mol. The lowest BCUT2D eigenvalue weighted by atomic mass is 9.80. The number of Topliss-reactive ketones (excluding diaryl/α,β-unsaturated/α-hetero) is 1. The van der Waals surface area contributed by atoms with Gasteiger partial charge in [0, 0.05) is 36.5 Å². The average molecular weight is 486 g/mol. The van der Waals surface area contributed by atoms with Gasteiger partial charge < -0.3 is 15.5 Å². The van der Waals surface area contributed by atoms with Gasteiger partial charge in [-0.3, -0.25) is 14.4 Å². The van der Waals surface area contributed by atoms with Crippen LogP contribution in [0.1, 0.15) is 93.5 Å². The lowest BCUT2D eigenvalue weighted by molar-refractivity contribution is -0.131. The Kier molecular flexibility index (Phi) is 8.58. The molecule has 0 radical (unpaired) electrons. The third-order valence-electron chi connectivity index (χ3n) is 7.87. The van der Waals surface area contributed by atoms with Gasteiger partial charge in [-0.05, 0) is 68.2 Å². The molecule has 0 aromatic heterocycles. The number of halogens is 1. The van der Waals surface area contributed by atoms with E-state index in [1.807, 2.05) is 18.7 Å².